The van der Waals surface area contributed by atoms with Gasteiger partial charge in [-0.1, -0.05) is 0 Å². The van der Waals surface area contributed by atoms with Gasteiger partial charge in [0.05, 0.1) is 17.9 Å². The van der Waals surface area contributed by atoms with Gasteiger partial charge in [0, 0.05) is 12.7 Å². The topological polar surface area (TPSA) is 83.6 Å². The van der Waals surface area contributed by atoms with Crippen molar-refractivity contribution in [1.29, 1.82) is 0 Å². The summed E-state index contributed by atoms with van der Waals surface area (Å²) in [7, 11) is -2.34. The number of likely N-dealkylation sites (N-methyl/N-ethyl adjacent to an activating group) is 1. The lowest BCUT2D eigenvalue weighted by Crippen LogP contribution is -2.28. The molecule has 0 radical (unpaired) electrons. The molecule has 0 fully saturated rings. The van der Waals surface area contributed by atoms with E-state index in [0.717, 1.165) is 4.31 Å². The first-order chi connectivity index (χ1) is 8.45. The number of carbonyl (C=O) groups excluding carboxylic acids is 2. The van der Waals surface area contributed by atoms with Crippen molar-refractivity contribution in [3.8, 4) is 0 Å². The maximum atomic E-state index is 12.1. The summed E-state index contributed by atoms with van der Waals surface area (Å²) in [6.07, 6.45) is 0.700. The van der Waals surface area contributed by atoms with Crippen molar-refractivity contribution in [2.24, 2.45) is 0 Å². The molecule has 1 amide bonds. The number of hydrogen-bond donors (Lipinski definition) is 1. The molecule has 1 aliphatic heterocycles. The molecule has 0 aromatic heterocycles. The molecule has 0 aliphatic carbocycles. The SMILES string of the molecule is CN(CC=O)S(=O)(=O)c1ccc2c(c1)CC(=O)N2. The van der Waals surface area contributed by atoms with Gasteiger partial charge in [-0.3, -0.25) is 4.79 Å². The van der Waals surface area contributed by atoms with Gasteiger partial charge in [0.15, 0.2) is 0 Å². The second-order valence-corrected chi connectivity index (χ2v) is 6.04. The minimum Gasteiger partial charge on any atom is -0.326 e. The molecule has 1 N–H and O–H groups in total. The molecular weight excluding hydrogens is 256 g/mol. The highest BCUT2D eigenvalue weighted by atomic mass is 32.2. The van der Waals surface area contributed by atoms with Crippen LogP contribution in [0.25, 0.3) is 0 Å². The van der Waals surface area contributed by atoms with E-state index in [9.17, 15) is 18.0 Å². The van der Waals surface area contributed by atoms with Crippen molar-refractivity contribution in [1.82, 2.24) is 4.31 Å². The molecule has 0 saturated carbocycles. The van der Waals surface area contributed by atoms with Crippen LogP contribution in [0.4, 0.5) is 5.69 Å². The highest BCUT2D eigenvalue weighted by Crippen LogP contribution is 2.26. The molecule has 1 heterocycles. The van der Waals surface area contributed by atoms with Crippen molar-refractivity contribution < 1.29 is 18.0 Å². The van der Waals surface area contributed by atoms with Gasteiger partial charge in [-0.25, -0.2) is 8.42 Å². The number of nitrogens with one attached hydrogen (secondary N) is 1. The van der Waals surface area contributed by atoms with Crippen molar-refractivity contribution in [3.63, 3.8) is 0 Å². The van der Waals surface area contributed by atoms with Gasteiger partial charge >= 0.3 is 0 Å². The van der Waals surface area contributed by atoms with Gasteiger partial charge < -0.3 is 10.1 Å². The first-order valence-corrected chi connectivity index (χ1v) is 6.72. The molecule has 0 saturated heterocycles. The van der Waals surface area contributed by atoms with E-state index in [1.165, 1.54) is 19.2 Å². The van der Waals surface area contributed by atoms with Crippen molar-refractivity contribution in [3.05, 3.63) is 23.8 Å². The zero-order valence-electron chi connectivity index (χ0n) is 9.71. The zero-order chi connectivity index (χ0) is 13.3. The maximum Gasteiger partial charge on any atom is 0.243 e. The van der Waals surface area contributed by atoms with E-state index in [1.54, 1.807) is 6.07 Å². The number of rotatable bonds is 4. The van der Waals surface area contributed by atoms with Crippen molar-refractivity contribution in [2.75, 3.05) is 18.9 Å². The number of benzene rings is 1. The van der Waals surface area contributed by atoms with Gasteiger partial charge in [-0.05, 0) is 23.8 Å². The number of hydrogen-bond acceptors (Lipinski definition) is 4. The number of fused-ring (bicyclic) bond motifs is 1. The quantitative estimate of drug-likeness (QED) is 0.779. The fourth-order valence-corrected chi connectivity index (χ4v) is 2.90. The van der Waals surface area contributed by atoms with Gasteiger partial charge in [0.1, 0.15) is 6.29 Å². The lowest BCUT2D eigenvalue weighted by molar-refractivity contribution is -0.115. The highest BCUT2D eigenvalue weighted by molar-refractivity contribution is 7.89. The summed E-state index contributed by atoms with van der Waals surface area (Å²) in [5.41, 5.74) is 1.29. The normalized spacial score (nSPS) is 14.4. The summed E-state index contributed by atoms with van der Waals surface area (Å²) in [6, 6.07) is 4.44. The molecule has 7 heteroatoms. The van der Waals surface area contributed by atoms with Crippen molar-refractivity contribution >= 4 is 27.9 Å². The van der Waals surface area contributed by atoms with Crippen LogP contribution in [0.1, 0.15) is 5.56 Å². The number of nitrogens with zero attached hydrogens (tertiary/aromatic N) is 1. The Kier molecular flexibility index (Phi) is 3.18. The Hall–Kier alpha value is -1.73. The van der Waals surface area contributed by atoms with E-state index < -0.39 is 10.0 Å². The van der Waals surface area contributed by atoms with Crippen LogP contribution >= 0.6 is 0 Å². The fourth-order valence-electron chi connectivity index (χ4n) is 1.75. The number of amides is 1. The Morgan fingerprint density at radius 1 is 1.44 bits per heavy atom. The van der Waals surface area contributed by atoms with Crippen LogP contribution in [-0.2, 0) is 26.0 Å². The predicted octanol–water partition coefficient (Wildman–Crippen LogP) is 0.000600. The molecule has 0 bridgehead atoms. The van der Waals surface area contributed by atoms with E-state index in [4.69, 9.17) is 0 Å². The Labute approximate surface area is 105 Å². The fraction of sp³-hybridized carbons (Fsp3) is 0.273. The Balaban J connectivity index is 2.38. The average Bonchev–Trinajstić information content (AvgIpc) is 2.68. The summed E-state index contributed by atoms with van der Waals surface area (Å²) in [5.74, 6) is -0.152. The Morgan fingerprint density at radius 2 is 2.17 bits per heavy atom. The summed E-state index contributed by atoms with van der Waals surface area (Å²) in [4.78, 5) is 21.6. The molecule has 1 aromatic rings. The number of carbonyl (C=O) groups is 2. The van der Waals surface area contributed by atoms with Gasteiger partial charge in [-0.2, -0.15) is 4.31 Å². The Morgan fingerprint density at radius 3 is 2.83 bits per heavy atom. The minimum atomic E-state index is -3.68. The third-order valence-corrected chi connectivity index (χ3v) is 4.56. The summed E-state index contributed by atoms with van der Waals surface area (Å²) in [5, 5.41) is 2.63. The third kappa shape index (κ3) is 2.14. The van der Waals surface area contributed by atoms with Gasteiger partial charge in [0.25, 0.3) is 0 Å². The molecule has 0 atom stereocenters. The maximum absolute atomic E-state index is 12.1. The van der Waals surface area contributed by atoms with Gasteiger partial charge in [0.2, 0.25) is 15.9 Å². The van der Waals surface area contributed by atoms with Crippen LogP contribution < -0.4 is 5.32 Å². The number of anilines is 1. The van der Waals surface area contributed by atoms with Gasteiger partial charge in [-0.15, -0.1) is 0 Å². The zero-order valence-corrected chi connectivity index (χ0v) is 10.5. The average molecular weight is 268 g/mol. The standard InChI is InChI=1S/C11H12N2O4S/c1-13(4-5-14)18(16,17)9-2-3-10-8(6-9)7-11(15)12-10/h2-3,5-6H,4,7H2,1H3,(H,12,15). The summed E-state index contributed by atoms with van der Waals surface area (Å²) >= 11 is 0. The van der Waals surface area contributed by atoms with E-state index >= 15 is 0 Å². The minimum absolute atomic E-state index is 0.0853. The molecule has 6 nitrogen and oxygen atoms in total. The van der Waals surface area contributed by atoms with Crippen LogP contribution in [-0.4, -0.2) is 38.5 Å². The van der Waals surface area contributed by atoms with Crippen LogP contribution in [0.3, 0.4) is 0 Å². The summed E-state index contributed by atoms with van der Waals surface area (Å²) in [6.45, 7) is -0.198. The van der Waals surface area contributed by atoms with E-state index in [1.807, 2.05) is 0 Å². The van der Waals surface area contributed by atoms with E-state index in [2.05, 4.69) is 5.32 Å². The first kappa shape index (κ1) is 12.7. The molecule has 18 heavy (non-hydrogen) atoms. The van der Waals surface area contributed by atoms with Crippen LogP contribution in [0, 0.1) is 0 Å². The third-order valence-electron chi connectivity index (χ3n) is 2.74. The predicted molar refractivity (Wildman–Crippen MR) is 64.7 cm³/mol. The molecule has 96 valence electrons. The first-order valence-electron chi connectivity index (χ1n) is 5.28. The number of sulfonamides is 1. The molecule has 1 aromatic carbocycles. The molecule has 0 unspecified atom stereocenters. The lowest BCUT2D eigenvalue weighted by Gasteiger charge is -2.14. The van der Waals surface area contributed by atoms with Crippen LogP contribution in [0.2, 0.25) is 0 Å². The monoisotopic (exact) mass is 268 g/mol. The molecule has 2 rings (SSSR count). The Bertz CT molecular complexity index is 609. The molecule has 1 aliphatic rings. The van der Waals surface area contributed by atoms with Crippen LogP contribution in [0.15, 0.2) is 23.1 Å². The number of aldehydes is 1. The lowest BCUT2D eigenvalue weighted by atomic mass is 10.2. The molecular formula is C11H12N2O4S. The van der Waals surface area contributed by atoms with E-state index in [-0.39, 0.29) is 23.8 Å². The van der Waals surface area contributed by atoms with Crippen molar-refractivity contribution in [2.45, 2.75) is 11.3 Å². The smallest absolute Gasteiger partial charge is 0.243 e. The second-order valence-electron chi connectivity index (χ2n) is 4.00. The van der Waals surface area contributed by atoms with E-state index in [0.29, 0.717) is 17.5 Å². The second kappa shape index (κ2) is 4.51. The highest BCUT2D eigenvalue weighted by Gasteiger charge is 2.24. The summed E-state index contributed by atoms with van der Waals surface area (Å²) < 4.78 is 25.1. The van der Waals surface area contributed by atoms with Crippen LogP contribution in [0.5, 0.6) is 0 Å². The molecule has 0 spiro atoms. The largest absolute Gasteiger partial charge is 0.326 e.